The largest absolute Gasteiger partial charge is 0.225 e. The topological polar surface area (TPSA) is 86.7 Å². The van der Waals surface area contributed by atoms with E-state index in [1.807, 2.05) is 33.9 Å². The predicted molar refractivity (Wildman–Crippen MR) is 138 cm³/mol. The van der Waals surface area contributed by atoms with Crippen LogP contribution in [0.3, 0.4) is 0 Å². The van der Waals surface area contributed by atoms with Crippen LogP contribution in [0.2, 0.25) is 0 Å². The van der Waals surface area contributed by atoms with Gasteiger partial charge in [-0.25, -0.2) is 14.5 Å². The second kappa shape index (κ2) is 6.91. The Labute approximate surface area is 214 Å². The Hall–Kier alpha value is -2.42. The summed E-state index contributed by atoms with van der Waals surface area (Å²) >= 11 is 1.88. The lowest BCUT2D eigenvalue weighted by Crippen LogP contribution is -2.59. The molecule has 0 spiro atoms. The van der Waals surface area contributed by atoms with Crippen LogP contribution in [-0.4, -0.2) is 39.8 Å². The molecule has 5 aliphatic carbocycles. The Morgan fingerprint density at radius 1 is 1.08 bits per heavy atom. The van der Waals surface area contributed by atoms with Gasteiger partial charge in [0.05, 0.1) is 10.9 Å². The van der Waals surface area contributed by atoms with Gasteiger partial charge in [0.25, 0.3) is 0 Å². The summed E-state index contributed by atoms with van der Waals surface area (Å²) in [5.74, 6) is 3.88. The van der Waals surface area contributed by atoms with Crippen LogP contribution in [0.15, 0.2) is 6.33 Å². The highest BCUT2D eigenvalue weighted by Gasteiger charge is 2.61. The summed E-state index contributed by atoms with van der Waals surface area (Å²) in [5, 5.41) is 19.9. The summed E-state index contributed by atoms with van der Waals surface area (Å²) in [5.41, 5.74) is 2.79. The molecule has 0 amide bonds. The van der Waals surface area contributed by atoms with Crippen molar-refractivity contribution in [1.82, 2.24) is 39.8 Å². The van der Waals surface area contributed by atoms with E-state index >= 15 is 0 Å². The smallest absolute Gasteiger partial charge is 0.171 e. The van der Waals surface area contributed by atoms with Gasteiger partial charge in [-0.2, -0.15) is 4.80 Å². The first-order valence-corrected chi connectivity index (χ1v) is 14.5. The summed E-state index contributed by atoms with van der Waals surface area (Å²) in [6.45, 7) is 9.08. The van der Waals surface area contributed by atoms with E-state index in [0.29, 0.717) is 17.3 Å². The first-order valence-electron chi connectivity index (χ1n) is 13.6. The second-order valence-corrected chi connectivity index (χ2v) is 14.6. The lowest BCUT2D eigenvalue weighted by Gasteiger charge is -2.60. The molecule has 9 rings (SSSR count). The minimum absolute atomic E-state index is 0.00260. The van der Waals surface area contributed by atoms with E-state index in [0.717, 1.165) is 60.1 Å². The summed E-state index contributed by atoms with van der Waals surface area (Å²) in [4.78, 5) is 14.8. The third kappa shape index (κ3) is 2.92. The van der Waals surface area contributed by atoms with E-state index in [1.54, 1.807) is 0 Å². The zero-order valence-electron chi connectivity index (χ0n) is 21.7. The van der Waals surface area contributed by atoms with Gasteiger partial charge in [0.1, 0.15) is 11.2 Å². The van der Waals surface area contributed by atoms with Crippen molar-refractivity contribution in [1.29, 1.82) is 0 Å². The highest BCUT2D eigenvalue weighted by Crippen LogP contribution is 2.64. The van der Waals surface area contributed by atoms with E-state index in [-0.39, 0.29) is 11.0 Å². The molecule has 0 aromatic carbocycles. The fraction of sp³-hybridized carbons (Fsp3) is 0.704. The molecule has 9 heteroatoms. The summed E-state index contributed by atoms with van der Waals surface area (Å²) < 4.78 is 1.98. The molecule has 8 nitrogen and oxygen atoms in total. The van der Waals surface area contributed by atoms with Crippen LogP contribution in [-0.2, 0) is 23.8 Å². The molecule has 0 saturated heterocycles. The van der Waals surface area contributed by atoms with Gasteiger partial charge < -0.3 is 0 Å². The Balaban J connectivity index is 1.24. The average Bonchev–Trinajstić information content (AvgIpc) is 3.53. The van der Waals surface area contributed by atoms with Crippen molar-refractivity contribution >= 4 is 27.2 Å². The molecule has 188 valence electrons. The highest BCUT2D eigenvalue weighted by atomic mass is 32.1. The lowest BCUT2D eigenvalue weighted by atomic mass is 9.46. The molecule has 4 aromatic rings. The van der Waals surface area contributed by atoms with Crippen molar-refractivity contribution in [2.75, 3.05) is 0 Å². The van der Waals surface area contributed by atoms with E-state index in [2.05, 4.69) is 31.1 Å². The maximum absolute atomic E-state index is 5.36. The number of rotatable bonds is 2. The number of aromatic nitrogens is 8. The minimum atomic E-state index is -0.0418. The van der Waals surface area contributed by atoms with Crippen molar-refractivity contribution in [2.45, 2.75) is 96.4 Å². The monoisotopic (exact) mass is 502 g/mol. The Kier molecular flexibility index (Phi) is 4.15. The number of tetrazole rings is 1. The number of hydrogen-bond acceptors (Lipinski definition) is 7. The van der Waals surface area contributed by atoms with Crippen LogP contribution in [0.25, 0.3) is 15.9 Å². The normalized spacial score (nSPS) is 33.6. The number of thiophene rings is 1. The predicted octanol–water partition coefficient (Wildman–Crippen LogP) is 5.03. The zero-order valence-corrected chi connectivity index (χ0v) is 22.5. The number of hydrogen-bond donors (Lipinski definition) is 0. The van der Waals surface area contributed by atoms with Crippen molar-refractivity contribution in [3.05, 3.63) is 28.4 Å². The van der Waals surface area contributed by atoms with E-state index < -0.39 is 0 Å². The first kappa shape index (κ1) is 21.6. The summed E-state index contributed by atoms with van der Waals surface area (Å²) in [7, 11) is 0. The fourth-order valence-electron chi connectivity index (χ4n) is 8.73. The number of nitrogens with zero attached hydrogens (tertiary/aromatic N) is 8. The Morgan fingerprint density at radius 2 is 1.89 bits per heavy atom. The molecule has 4 aromatic heterocycles. The standard InChI is InChI=1S/C27H34N8S/c1-15-30-33-35(31-15)27-11-16-7-17(12-27)10-26(9-16,13-27)24-29-22-21-19-6-5-18(25(2,3)4)8-20(19)36-23(21)28-14-34(22)32-24/h14,16-18H,5-13H2,1-4H3. The molecule has 36 heavy (non-hydrogen) atoms. The summed E-state index contributed by atoms with van der Waals surface area (Å²) in [6.07, 6.45) is 12.4. The molecule has 0 N–H and O–H groups in total. The highest BCUT2D eigenvalue weighted by molar-refractivity contribution is 7.19. The third-order valence-electron chi connectivity index (χ3n) is 10.1. The fourth-order valence-corrected chi connectivity index (χ4v) is 9.99. The van der Waals surface area contributed by atoms with Crippen LogP contribution < -0.4 is 0 Å². The molecule has 4 heterocycles. The van der Waals surface area contributed by atoms with E-state index in [1.165, 1.54) is 41.5 Å². The number of aryl methyl sites for hydroxylation is 2. The average molecular weight is 503 g/mol. The van der Waals surface area contributed by atoms with Crippen LogP contribution in [0.1, 0.15) is 87.8 Å². The van der Waals surface area contributed by atoms with Gasteiger partial charge in [-0.3, -0.25) is 0 Å². The lowest BCUT2D eigenvalue weighted by molar-refractivity contribution is -0.0785. The van der Waals surface area contributed by atoms with E-state index in [9.17, 15) is 0 Å². The molecule has 4 saturated carbocycles. The number of fused-ring (bicyclic) bond motifs is 5. The minimum Gasteiger partial charge on any atom is -0.225 e. The van der Waals surface area contributed by atoms with Crippen LogP contribution in [0.4, 0.5) is 0 Å². The van der Waals surface area contributed by atoms with Crippen molar-refractivity contribution < 1.29 is 0 Å². The maximum Gasteiger partial charge on any atom is 0.171 e. The Morgan fingerprint density at radius 3 is 2.61 bits per heavy atom. The molecular formula is C27H34N8S. The van der Waals surface area contributed by atoms with E-state index in [4.69, 9.17) is 20.2 Å². The molecule has 4 fully saturated rings. The molecular weight excluding hydrogens is 468 g/mol. The third-order valence-corrected chi connectivity index (χ3v) is 11.2. The summed E-state index contributed by atoms with van der Waals surface area (Å²) in [6, 6.07) is 0. The van der Waals surface area contributed by atoms with Gasteiger partial charge in [0.15, 0.2) is 17.3 Å². The maximum atomic E-state index is 5.36. The van der Waals surface area contributed by atoms with Crippen molar-refractivity contribution in [2.24, 2.45) is 23.2 Å². The molecule has 4 bridgehead atoms. The first-order chi connectivity index (χ1) is 17.2. The van der Waals surface area contributed by atoms with Crippen LogP contribution in [0.5, 0.6) is 0 Å². The quantitative estimate of drug-likeness (QED) is 0.382. The molecule has 3 unspecified atom stereocenters. The van der Waals surface area contributed by atoms with Gasteiger partial charge >= 0.3 is 0 Å². The molecule has 0 aliphatic heterocycles. The van der Waals surface area contributed by atoms with Gasteiger partial charge in [-0.15, -0.1) is 26.6 Å². The Bertz CT molecular complexity index is 1510. The van der Waals surface area contributed by atoms with Crippen molar-refractivity contribution in [3.8, 4) is 0 Å². The van der Waals surface area contributed by atoms with Crippen LogP contribution >= 0.6 is 11.3 Å². The van der Waals surface area contributed by atoms with Gasteiger partial charge in [-0.1, -0.05) is 20.8 Å². The molecule has 0 radical (unpaired) electrons. The van der Waals surface area contributed by atoms with Gasteiger partial charge in [0, 0.05) is 10.3 Å². The van der Waals surface area contributed by atoms with Crippen molar-refractivity contribution in [3.63, 3.8) is 0 Å². The van der Waals surface area contributed by atoms with Gasteiger partial charge in [-0.05, 0) is 98.7 Å². The second-order valence-electron chi connectivity index (χ2n) is 13.5. The zero-order chi connectivity index (χ0) is 24.4. The van der Waals surface area contributed by atoms with Crippen LogP contribution in [0, 0.1) is 30.1 Å². The molecule has 3 atom stereocenters. The molecule has 5 aliphatic rings. The van der Waals surface area contributed by atoms with Gasteiger partial charge in [0.2, 0.25) is 0 Å². The SMILES string of the molecule is Cc1nnn(C23CC4CC(CC(c5nc6c7c8c(sc7ncn6n5)CC(C(C)(C)C)CC8)(C4)C2)C3)n1.